The van der Waals surface area contributed by atoms with E-state index in [2.05, 4.69) is 35.9 Å². The molecule has 3 aromatic rings. The molecular weight excluding hydrogens is 306 g/mol. The number of nitrogens with two attached hydrogens (primary N) is 1. The van der Waals surface area contributed by atoms with E-state index >= 15 is 0 Å². The molecule has 4 nitrogen and oxygen atoms in total. The molecule has 0 aliphatic rings. The van der Waals surface area contributed by atoms with Crippen LogP contribution in [0.25, 0.3) is 11.0 Å². The summed E-state index contributed by atoms with van der Waals surface area (Å²) in [5.74, 6) is 0.640. The molecule has 3 rings (SSSR count). The number of benzene rings is 1. The van der Waals surface area contributed by atoms with Crippen molar-refractivity contribution in [3.05, 3.63) is 52.0 Å². The number of hydrogen-bond acceptors (Lipinski definition) is 3. The molecule has 0 spiro atoms. The summed E-state index contributed by atoms with van der Waals surface area (Å²) >= 11 is 1.74. The molecule has 2 aromatic heterocycles. The predicted octanol–water partition coefficient (Wildman–Crippen LogP) is 4.15. The molecule has 2 heterocycles. The van der Waals surface area contributed by atoms with Gasteiger partial charge in [-0.2, -0.15) is 0 Å². The lowest BCUT2D eigenvalue weighted by Crippen LogP contribution is -2.12. The molecule has 0 bridgehead atoms. The number of thiophene rings is 1. The Labute approximate surface area is 140 Å². The first-order valence-electron chi connectivity index (χ1n) is 7.97. The lowest BCUT2D eigenvalue weighted by atomic mass is 10.1. The van der Waals surface area contributed by atoms with Crippen LogP contribution in [0, 0.1) is 0 Å². The van der Waals surface area contributed by atoms with Crippen LogP contribution in [0.15, 0.2) is 35.7 Å². The van der Waals surface area contributed by atoms with E-state index in [1.54, 1.807) is 23.5 Å². The molecule has 0 radical (unpaired) electrons. The minimum atomic E-state index is -0.413. The zero-order valence-electron chi connectivity index (χ0n) is 13.5. The number of imidazole rings is 1. The van der Waals surface area contributed by atoms with Crippen molar-refractivity contribution in [3.8, 4) is 0 Å². The average Bonchev–Trinajstić information content (AvgIpc) is 3.16. The molecule has 5 heteroatoms. The quantitative estimate of drug-likeness (QED) is 0.739. The zero-order valence-corrected chi connectivity index (χ0v) is 14.3. The molecule has 0 aliphatic heterocycles. The Bertz CT molecular complexity index is 816. The maximum atomic E-state index is 11.4. The second-order valence-corrected chi connectivity index (χ2v) is 6.72. The molecule has 0 fully saturated rings. The molecule has 1 amide bonds. The van der Waals surface area contributed by atoms with Gasteiger partial charge in [0.1, 0.15) is 5.82 Å². The van der Waals surface area contributed by atoms with Gasteiger partial charge in [-0.05, 0) is 42.5 Å². The number of carbonyl (C=O) groups is 1. The lowest BCUT2D eigenvalue weighted by Gasteiger charge is -2.18. The molecule has 0 unspecified atom stereocenters. The number of rotatable bonds is 6. The second-order valence-electron chi connectivity index (χ2n) is 5.69. The molecular formula is C18H21N3OS. The minimum Gasteiger partial charge on any atom is -0.366 e. The summed E-state index contributed by atoms with van der Waals surface area (Å²) in [5.41, 5.74) is 7.83. The highest BCUT2D eigenvalue weighted by Gasteiger charge is 2.18. The van der Waals surface area contributed by atoms with Crippen LogP contribution < -0.4 is 5.73 Å². The Balaban J connectivity index is 2.15. The number of aromatic nitrogens is 2. The van der Waals surface area contributed by atoms with Crippen molar-refractivity contribution in [1.29, 1.82) is 0 Å². The van der Waals surface area contributed by atoms with E-state index in [4.69, 9.17) is 10.7 Å². The van der Waals surface area contributed by atoms with Crippen molar-refractivity contribution in [2.75, 3.05) is 0 Å². The van der Waals surface area contributed by atoms with Crippen molar-refractivity contribution < 1.29 is 4.79 Å². The van der Waals surface area contributed by atoms with Crippen LogP contribution in [0.3, 0.4) is 0 Å². The maximum Gasteiger partial charge on any atom is 0.248 e. The van der Waals surface area contributed by atoms with Gasteiger partial charge in [-0.25, -0.2) is 4.98 Å². The Hall–Kier alpha value is -2.14. The highest BCUT2D eigenvalue weighted by molar-refractivity contribution is 7.09. The summed E-state index contributed by atoms with van der Waals surface area (Å²) in [6.07, 6.45) is 2.92. The first-order chi connectivity index (χ1) is 11.1. The number of carbonyl (C=O) groups excluding carboxylic acids is 1. The number of hydrogen-bond donors (Lipinski definition) is 1. The SMILES string of the molecule is CCC(CC)n1c(Cc2cccs2)nc2cc(C(N)=O)ccc21. The Morgan fingerprint density at radius 2 is 2.09 bits per heavy atom. The van der Waals surface area contributed by atoms with E-state index in [1.807, 2.05) is 6.07 Å². The summed E-state index contributed by atoms with van der Waals surface area (Å²) in [5, 5.41) is 2.09. The van der Waals surface area contributed by atoms with Gasteiger partial charge in [0.25, 0.3) is 0 Å². The molecule has 0 aliphatic carbocycles. The van der Waals surface area contributed by atoms with Gasteiger partial charge in [0, 0.05) is 22.9 Å². The lowest BCUT2D eigenvalue weighted by molar-refractivity contribution is 0.100. The molecule has 23 heavy (non-hydrogen) atoms. The normalized spacial score (nSPS) is 11.4. The van der Waals surface area contributed by atoms with Crippen molar-refractivity contribution in [2.45, 2.75) is 39.2 Å². The summed E-state index contributed by atoms with van der Waals surface area (Å²) < 4.78 is 2.33. The van der Waals surface area contributed by atoms with Crippen LogP contribution in [0.2, 0.25) is 0 Å². The van der Waals surface area contributed by atoms with Crippen molar-refractivity contribution >= 4 is 28.3 Å². The van der Waals surface area contributed by atoms with Crippen molar-refractivity contribution in [2.24, 2.45) is 5.73 Å². The fourth-order valence-corrected chi connectivity index (χ4v) is 3.76. The van der Waals surface area contributed by atoms with E-state index in [0.29, 0.717) is 11.6 Å². The molecule has 0 atom stereocenters. The van der Waals surface area contributed by atoms with Gasteiger partial charge in [-0.15, -0.1) is 11.3 Å². The van der Waals surface area contributed by atoms with E-state index < -0.39 is 5.91 Å². The number of primary amides is 1. The monoisotopic (exact) mass is 327 g/mol. The third kappa shape index (κ3) is 3.01. The topological polar surface area (TPSA) is 60.9 Å². The van der Waals surface area contributed by atoms with Crippen LogP contribution in [0.1, 0.15) is 53.8 Å². The largest absolute Gasteiger partial charge is 0.366 e. The first-order valence-corrected chi connectivity index (χ1v) is 8.85. The van der Waals surface area contributed by atoms with E-state index in [0.717, 1.165) is 36.1 Å². The molecule has 2 N–H and O–H groups in total. The van der Waals surface area contributed by atoms with Gasteiger partial charge in [0.05, 0.1) is 11.0 Å². The maximum absolute atomic E-state index is 11.4. The van der Waals surface area contributed by atoms with Crippen molar-refractivity contribution in [1.82, 2.24) is 9.55 Å². The predicted molar refractivity (Wildman–Crippen MR) is 95.0 cm³/mol. The zero-order chi connectivity index (χ0) is 16.4. The smallest absolute Gasteiger partial charge is 0.248 e. The van der Waals surface area contributed by atoms with Gasteiger partial charge >= 0.3 is 0 Å². The van der Waals surface area contributed by atoms with E-state index in [1.165, 1.54) is 4.88 Å². The number of amides is 1. The second kappa shape index (κ2) is 6.54. The van der Waals surface area contributed by atoms with Gasteiger partial charge < -0.3 is 10.3 Å². The van der Waals surface area contributed by atoms with Gasteiger partial charge in [-0.3, -0.25) is 4.79 Å². The molecule has 1 aromatic carbocycles. The number of fused-ring (bicyclic) bond motifs is 1. The molecule has 0 saturated carbocycles. The fraction of sp³-hybridized carbons (Fsp3) is 0.333. The van der Waals surface area contributed by atoms with Crippen LogP contribution in [-0.2, 0) is 6.42 Å². The van der Waals surface area contributed by atoms with Crippen LogP contribution in [-0.4, -0.2) is 15.5 Å². The highest BCUT2D eigenvalue weighted by Crippen LogP contribution is 2.28. The summed E-state index contributed by atoms with van der Waals surface area (Å²) in [6, 6.07) is 10.2. The van der Waals surface area contributed by atoms with Gasteiger partial charge in [-0.1, -0.05) is 19.9 Å². The summed E-state index contributed by atoms with van der Waals surface area (Å²) in [6.45, 7) is 4.40. The Morgan fingerprint density at radius 3 is 2.70 bits per heavy atom. The highest BCUT2D eigenvalue weighted by atomic mass is 32.1. The van der Waals surface area contributed by atoms with Crippen LogP contribution in [0.4, 0.5) is 0 Å². The Morgan fingerprint density at radius 1 is 1.30 bits per heavy atom. The fourth-order valence-electron chi connectivity index (χ4n) is 3.06. The third-order valence-corrected chi connectivity index (χ3v) is 5.14. The summed E-state index contributed by atoms with van der Waals surface area (Å²) in [7, 11) is 0. The van der Waals surface area contributed by atoms with Crippen molar-refractivity contribution in [3.63, 3.8) is 0 Å². The Kier molecular flexibility index (Phi) is 4.48. The first kappa shape index (κ1) is 15.7. The van der Waals surface area contributed by atoms with E-state index in [9.17, 15) is 4.79 Å². The summed E-state index contributed by atoms with van der Waals surface area (Å²) in [4.78, 5) is 17.5. The molecule has 120 valence electrons. The van der Waals surface area contributed by atoms with E-state index in [-0.39, 0.29) is 0 Å². The average molecular weight is 327 g/mol. The van der Waals surface area contributed by atoms with Crippen LogP contribution >= 0.6 is 11.3 Å². The minimum absolute atomic E-state index is 0.411. The van der Waals surface area contributed by atoms with Gasteiger partial charge in [0.2, 0.25) is 5.91 Å². The van der Waals surface area contributed by atoms with Crippen LogP contribution in [0.5, 0.6) is 0 Å². The third-order valence-electron chi connectivity index (χ3n) is 4.27. The standard InChI is InChI=1S/C18H21N3OS/c1-3-13(4-2)21-16-8-7-12(18(19)22)10-15(16)20-17(21)11-14-6-5-9-23-14/h5-10,13H,3-4,11H2,1-2H3,(H2,19,22). The van der Waals surface area contributed by atoms with Gasteiger partial charge in [0.15, 0.2) is 0 Å². The molecule has 0 saturated heterocycles. The number of nitrogens with zero attached hydrogens (tertiary/aromatic N) is 2.